The molecule has 0 bridgehead atoms. The average Bonchev–Trinajstić information content (AvgIpc) is 3.04. The highest BCUT2D eigenvalue weighted by Gasteiger charge is 2.19. The standard InChI is InChI=1S/C20H19BrN2O2S/c1-13-8-9-18(14(2)10-13)23(15(3)24)20-22-16(12-26-20)11-25-19-7-5-4-6-17(19)21/h4-10,12H,11H2,1-3H3. The molecule has 0 saturated heterocycles. The first kappa shape index (κ1) is 18.6. The number of hydrogen-bond donors (Lipinski definition) is 0. The van der Waals surface area contributed by atoms with Crippen molar-refractivity contribution in [3.8, 4) is 5.75 Å². The fourth-order valence-electron chi connectivity index (χ4n) is 2.64. The molecule has 26 heavy (non-hydrogen) atoms. The SMILES string of the molecule is CC(=O)N(c1nc(COc2ccccc2Br)cs1)c1ccc(C)cc1C. The Balaban J connectivity index is 1.82. The fourth-order valence-corrected chi connectivity index (χ4v) is 3.91. The van der Waals surface area contributed by atoms with Crippen LogP contribution in [-0.4, -0.2) is 10.9 Å². The van der Waals surface area contributed by atoms with Crippen molar-refractivity contribution < 1.29 is 9.53 Å². The fraction of sp³-hybridized carbons (Fsp3) is 0.200. The van der Waals surface area contributed by atoms with Gasteiger partial charge >= 0.3 is 0 Å². The Morgan fingerprint density at radius 1 is 1.23 bits per heavy atom. The van der Waals surface area contributed by atoms with Gasteiger partial charge in [0, 0.05) is 12.3 Å². The van der Waals surface area contributed by atoms with E-state index in [4.69, 9.17) is 4.74 Å². The van der Waals surface area contributed by atoms with Crippen LogP contribution in [0.1, 0.15) is 23.7 Å². The van der Waals surface area contributed by atoms with Gasteiger partial charge in [0.15, 0.2) is 5.13 Å². The molecule has 0 aliphatic carbocycles. The summed E-state index contributed by atoms with van der Waals surface area (Å²) in [5.74, 6) is 0.699. The van der Waals surface area contributed by atoms with Crippen molar-refractivity contribution in [1.29, 1.82) is 0 Å². The molecule has 0 unspecified atom stereocenters. The van der Waals surface area contributed by atoms with E-state index in [0.29, 0.717) is 11.7 Å². The van der Waals surface area contributed by atoms with Crippen LogP contribution in [0.3, 0.4) is 0 Å². The summed E-state index contributed by atoms with van der Waals surface area (Å²) in [6.07, 6.45) is 0. The molecular formula is C20H19BrN2O2S. The molecule has 0 N–H and O–H groups in total. The lowest BCUT2D eigenvalue weighted by Gasteiger charge is -2.20. The van der Waals surface area contributed by atoms with Gasteiger partial charge in [0.2, 0.25) is 5.91 Å². The molecule has 4 nitrogen and oxygen atoms in total. The molecular weight excluding hydrogens is 412 g/mol. The van der Waals surface area contributed by atoms with E-state index >= 15 is 0 Å². The van der Waals surface area contributed by atoms with E-state index < -0.39 is 0 Å². The molecule has 1 heterocycles. The zero-order valence-corrected chi connectivity index (χ0v) is 17.2. The number of halogens is 1. The molecule has 0 saturated carbocycles. The van der Waals surface area contributed by atoms with Crippen molar-refractivity contribution in [1.82, 2.24) is 4.98 Å². The molecule has 3 rings (SSSR count). The van der Waals surface area contributed by atoms with E-state index in [1.54, 1.807) is 11.8 Å². The Morgan fingerprint density at radius 2 is 2.00 bits per heavy atom. The van der Waals surface area contributed by atoms with E-state index in [1.807, 2.05) is 55.6 Å². The molecule has 1 aromatic heterocycles. The number of anilines is 2. The number of rotatable bonds is 5. The zero-order chi connectivity index (χ0) is 18.7. The number of thiazole rings is 1. The number of nitrogens with zero attached hydrogens (tertiary/aromatic N) is 2. The minimum absolute atomic E-state index is 0.0652. The molecule has 2 aromatic carbocycles. The minimum Gasteiger partial charge on any atom is -0.486 e. The Morgan fingerprint density at radius 3 is 2.69 bits per heavy atom. The summed E-state index contributed by atoms with van der Waals surface area (Å²) in [6.45, 7) is 5.94. The lowest BCUT2D eigenvalue weighted by Crippen LogP contribution is -2.23. The first-order chi connectivity index (χ1) is 12.5. The maximum Gasteiger partial charge on any atom is 0.230 e. The third kappa shape index (κ3) is 4.14. The molecule has 0 spiro atoms. The van der Waals surface area contributed by atoms with E-state index in [2.05, 4.69) is 27.0 Å². The molecule has 3 aromatic rings. The second-order valence-electron chi connectivity index (χ2n) is 5.98. The van der Waals surface area contributed by atoms with Crippen molar-refractivity contribution >= 4 is 44.0 Å². The predicted octanol–water partition coefficient (Wildman–Crippen LogP) is 5.79. The minimum atomic E-state index is -0.0652. The van der Waals surface area contributed by atoms with E-state index in [0.717, 1.165) is 32.7 Å². The van der Waals surface area contributed by atoms with Crippen molar-refractivity contribution in [2.75, 3.05) is 4.90 Å². The van der Waals surface area contributed by atoms with Crippen LogP contribution in [-0.2, 0) is 11.4 Å². The van der Waals surface area contributed by atoms with Crippen LogP contribution < -0.4 is 9.64 Å². The monoisotopic (exact) mass is 430 g/mol. The van der Waals surface area contributed by atoms with Gasteiger partial charge in [0.25, 0.3) is 0 Å². The molecule has 6 heteroatoms. The number of para-hydroxylation sites is 1. The number of amides is 1. The Bertz CT molecular complexity index is 939. The largest absolute Gasteiger partial charge is 0.486 e. The lowest BCUT2D eigenvalue weighted by atomic mass is 10.1. The van der Waals surface area contributed by atoms with Crippen LogP contribution in [0.2, 0.25) is 0 Å². The molecule has 1 amide bonds. The van der Waals surface area contributed by atoms with Gasteiger partial charge in [0.1, 0.15) is 12.4 Å². The predicted molar refractivity (Wildman–Crippen MR) is 109 cm³/mol. The highest BCUT2D eigenvalue weighted by molar-refractivity contribution is 9.10. The summed E-state index contributed by atoms with van der Waals surface area (Å²) in [6, 6.07) is 13.7. The second kappa shape index (κ2) is 8.01. The summed E-state index contributed by atoms with van der Waals surface area (Å²) in [4.78, 5) is 18.5. The van der Waals surface area contributed by atoms with Gasteiger partial charge in [-0.1, -0.05) is 29.8 Å². The maximum atomic E-state index is 12.3. The van der Waals surface area contributed by atoms with E-state index in [1.165, 1.54) is 11.3 Å². The summed E-state index contributed by atoms with van der Waals surface area (Å²) in [7, 11) is 0. The van der Waals surface area contributed by atoms with Crippen LogP contribution in [0.15, 0.2) is 52.3 Å². The van der Waals surface area contributed by atoms with Crippen molar-refractivity contribution in [2.45, 2.75) is 27.4 Å². The van der Waals surface area contributed by atoms with E-state index in [-0.39, 0.29) is 5.91 Å². The summed E-state index contributed by atoms with van der Waals surface area (Å²) in [5, 5.41) is 2.57. The van der Waals surface area contributed by atoms with Gasteiger partial charge < -0.3 is 4.74 Å². The van der Waals surface area contributed by atoms with Gasteiger partial charge in [-0.3, -0.25) is 9.69 Å². The Kier molecular flexibility index (Phi) is 5.74. The van der Waals surface area contributed by atoms with Crippen LogP contribution in [0.25, 0.3) is 0 Å². The number of benzene rings is 2. The van der Waals surface area contributed by atoms with Crippen molar-refractivity contribution in [3.63, 3.8) is 0 Å². The highest BCUT2D eigenvalue weighted by Crippen LogP contribution is 2.32. The number of aryl methyl sites for hydroxylation is 2. The topological polar surface area (TPSA) is 42.4 Å². The van der Waals surface area contributed by atoms with E-state index in [9.17, 15) is 4.79 Å². The summed E-state index contributed by atoms with van der Waals surface area (Å²) in [5.41, 5.74) is 3.85. The quantitative estimate of drug-likeness (QED) is 0.514. The van der Waals surface area contributed by atoms with Gasteiger partial charge in [-0.15, -0.1) is 11.3 Å². The second-order valence-corrected chi connectivity index (χ2v) is 7.68. The average molecular weight is 431 g/mol. The van der Waals surface area contributed by atoms with Gasteiger partial charge in [-0.25, -0.2) is 4.98 Å². The van der Waals surface area contributed by atoms with Crippen LogP contribution in [0, 0.1) is 13.8 Å². The molecule has 0 aliphatic rings. The molecule has 0 aliphatic heterocycles. The van der Waals surface area contributed by atoms with Gasteiger partial charge in [-0.05, 0) is 53.5 Å². The van der Waals surface area contributed by atoms with Crippen LogP contribution in [0.5, 0.6) is 5.75 Å². The molecule has 134 valence electrons. The third-order valence-corrected chi connectivity index (χ3v) is 5.38. The summed E-state index contributed by atoms with van der Waals surface area (Å²) < 4.78 is 6.71. The number of ether oxygens (including phenoxy) is 1. The van der Waals surface area contributed by atoms with Crippen LogP contribution in [0.4, 0.5) is 10.8 Å². The van der Waals surface area contributed by atoms with Crippen LogP contribution >= 0.6 is 27.3 Å². The number of carbonyl (C=O) groups excluding carboxylic acids is 1. The Labute approximate surface area is 165 Å². The molecule has 0 atom stereocenters. The first-order valence-corrected chi connectivity index (χ1v) is 9.82. The van der Waals surface area contributed by atoms with Crippen molar-refractivity contribution in [3.05, 3.63) is 69.1 Å². The Hall–Kier alpha value is -2.18. The number of hydrogen-bond acceptors (Lipinski definition) is 4. The van der Waals surface area contributed by atoms with Gasteiger partial charge in [-0.2, -0.15) is 0 Å². The summed E-state index contributed by atoms with van der Waals surface area (Å²) >= 11 is 4.90. The van der Waals surface area contributed by atoms with Crippen molar-refractivity contribution in [2.24, 2.45) is 0 Å². The van der Waals surface area contributed by atoms with Gasteiger partial charge in [0.05, 0.1) is 15.9 Å². The molecule has 0 fully saturated rings. The molecule has 0 radical (unpaired) electrons. The maximum absolute atomic E-state index is 12.3. The third-order valence-electron chi connectivity index (χ3n) is 3.85. The highest BCUT2D eigenvalue weighted by atomic mass is 79.9. The lowest BCUT2D eigenvalue weighted by molar-refractivity contribution is -0.115. The zero-order valence-electron chi connectivity index (χ0n) is 14.8. The smallest absolute Gasteiger partial charge is 0.230 e. The number of carbonyl (C=O) groups is 1. The normalized spacial score (nSPS) is 10.6. The first-order valence-electron chi connectivity index (χ1n) is 8.15. The number of aromatic nitrogens is 1.